The van der Waals surface area contributed by atoms with Crippen molar-refractivity contribution >= 4 is 5.78 Å². The topological polar surface area (TPSA) is 20.3 Å². The molecule has 2 saturated carbocycles. The van der Waals surface area contributed by atoms with Crippen molar-refractivity contribution in [3.63, 3.8) is 0 Å². The van der Waals surface area contributed by atoms with E-state index >= 15 is 0 Å². The minimum Gasteiger partial charge on any atom is -0.299 e. The van der Waals surface area contributed by atoms with Crippen molar-refractivity contribution in [2.75, 3.05) is 20.1 Å². The van der Waals surface area contributed by atoms with Gasteiger partial charge in [-0.3, -0.25) is 9.69 Å². The fourth-order valence-corrected chi connectivity index (χ4v) is 3.52. The van der Waals surface area contributed by atoms with Crippen molar-refractivity contribution in [3.05, 3.63) is 0 Å². The van der Waals surface area contributed by atoms with Crippen molar-refractivity contribution in [1.29, 1.82) is 0 Å². The first-order valence-corrected chi connectivity index (χ1v) is 7.47. The van der Waals surface area contributed by atoms with Crippen LogP contribution in [0.15, 0.2) is 0 Å². The summed E-state index contributed by atoms with van der Waals surface area (Å²) < 4.78 is 0. The number of hydrogen-bond acceptors (Lipinski definition) is 2. The van der Waals surface area contributed by atoms with Crippen molar-refractivity contribution in [1.82, 2.24) is 4.90 Å². The molecule has 0 heterocycles. The van der Waals surface area contributed by atoms with Gasteiger partial charge in [-0.25, -0.2) is 0 Å². The molecule has 0 spiro atoms. The molecule has 2 aliphatic carbocycles. The van der Waals surface area contributed by atoms with E-state index in [-0.39, 0.29) is 0 Å². The Morgan fingerprint density at radius 3 is 2.24 bits per heavy atom. The number of likely N-dealkylation sites (N-methyl/N-ethyl adjacent to an activating group) is 1. The summed E-state index contributed by atoms with van der Waals surface area (Å²) in [5.41, 5.74) is 0. The normalized spacial score (nSPS) is 23.4. The van der Waals surface area contributed by atoms with E-state index in [1.54, 1.807) is 0 Å². The van der Waals surface area contributed by atoms with Gasteiger partial charge in [0.05, 0.1) is 6.54 Å². The summed E-state index contributed by atoms with van der Waals surface area (Å²) in [6.45, 7) is 1.83. The molecule has 0 unspecified atom stereocenters. The van der Waals surface area contributed by atoms with E-state index in [9.17, 15) is 4.79 Å². The average Bonchev–Trinajstić information content (AvgIpc) is 2.83. The highest BCUT2D eigenvalue weighted by Crippen LogP contribution is 2.27. The predicted octanol–water partition coefficient (Wildman–Crippen LogP) is 3.26. The van der Waals surface area contributed by atoms with Gasteiger partial charge in [0.2, 0.25) is 0 Å². The number of carbonyl (C=O) groups is 1. The first-order chi connectivity index (χ1) is 8.25. The molecule has 0 amide bonds. The Bertz CT molecular complexity index is 239. The third-order valence-electron chi connectivity index (χ3n) is 4.53. The Morgan fingerprint density at radius 2 is 1.59 bits per heavy atom. The molecule has 98 valence electrons. The van der Waals surface area contributed by atoms with Crippen molar-refractivity contribution < 1.29 is 4.79 Å². The summed E-state index contributed by atoms with van der Waals surface area (Å²) >= 11 is 0. The van der Waals surface area contributed by atoms with Crippen LogP contribution in [0.3, 0.4) is 0 Å². The first kappa shape index (κ1) is 13.1. The summed E-state index contributed by atoms with van der Waals surface area (Å²) in [6, 6.07) is 0. The molecule has 0 aromatic rings. The Labute approximate surface area is 106 Å². The van der Waals surface area contributed by atoms with Crippen LogP contribution in [-0.2, 0) is 4.79 Å². The van der Waals surface area contributed by atoms with Crippen LogP contribution in [0.1, 0.15) is 57.8 Å². The molecule has 0 atom stereocenters. The highest BCUT2D eigenvalue weighted by Gasteiger charge is 2.24. The second-order valence-electron chi connectivity index (χ2n) is 6.15. The average molecular weight is 237 g/mol. The molecular weight excluding hydrogens is 210 g/mol. The summed E-state index contributed by atoms with van der Waals surface area (Å²) in [5, 5.41) is 0. The molecule has 2 aliphatic rings. The largest absolute Gasteiger partial charge is 0.299 e. The zero-order valence-corrected chi connectivity index (χ0v) is 11.3. The van der Waals surface area contributed by atoms with Crippen LogP contribution in [0, 0.1) is 11.8 Å². The minimum atomic E-state index is 0.392. The molecule has 2 heteroatoms. The van der Waals surface area contributed by atoms with Crippen LogP contribution >= 0.6 is 0 Å². The molecule has 0 radical (unpaired) electrons. The van der Waals surface area contributed by atoms with Gasteiger partial charge in [-0.1, -0.05) is 32.1 Å². The maximum Gasteiger partial charge on any atom is 0.149 e. The minimum absolute atomic E-state index is 0.392. The van der Waals surface area contributed by atoms with Crippen LogP contribution in [0.25, 0.3) is 0 Å². The number of ketones is 1. The molecule has 2 fully saturated rings. The Kier molecular flexibility index (Phi) is 5.02. The van der Waals surface area contributed by atoms with Gasteiger partial charge in [-0.2, -0.15) is 0 Å². The third kappa shape index (κ3) is 4.09. The lowest BCUT2D eigenvalue weighted by atomic mass is 9.89. The zero-order valence-electron chi connectivity index (χ0n) is 11.3. The lowest BCUT2D eigenvalue weighted by molar-refractivity contribution is -0.123. The third-order valence-corrected chi connectivity index (χ3v) is 4.53. The fraction of sp³-hybridized carbons (Fsp3) is 0.933. The molecule has 0 bridgehead atoms. The molecular formula is C15H27NO. The molecule has 0 saturated heterocycles. The second kappa shape index (κ2) is 6.53. The Hall–Kier alpha value is -0.370. The maximum absolute atomic E-state index is 12.1. The molecule has 0 N–H and O–H groups in total. The number of nitrogens with zero attached hydrogens (tertiary/aromatic N) is 1. The second-order valence-corrected chi connectivity index (χ2v) is 6.15. The smallest absolute Gasteiger partial charge is 0.149 e. The molecule has 2 nitrogen and oxygen atoms in total. The van der Waals surface area contributed by atoms with Crippen LogP contribution in [-0.4, -0.2) is 30.8 Å². The van der Waals surface area contributed by atoms with Gasteiger partial charge in [-0.05, 0) is 38.6 Å². The van der Waals surface area contributed by atoms with E-state index in [4.69, 9.17) is 0 Å². The van der Waals surface area contributed by atoms with Gasteiger partial charge < -0.3 is 0 Å². The predicted molar refractivity (Wildman–Crippen MR) is 71.0 cm³/mol. The van der Waals surface area contributed by atoms with Gasteiger partial charge in [0.1, 0.15) is 5.78 Å². The number of hydrogen-bond donors (Lipinski definition) is 0. The van der Waals surface area contributed by atoms with Gasteiger partial charge >= 0.3 is 0 Å². The summed E-state index contributed by atoms with van der Waals surface area (Å²) in [7, 11) is 2.13. The van der Waals surface area contributed by atoms with Gasteiger partial charge in [0, 0.05) is 12.5 Å². The first-order valence-electron chi connectivity index (χ1n) is 7.47. The Balaban J connectivity index is 1.68. The quantitative estimate of drug-likeness (QED) is 0.731. The van der Waals surface area contributed by atoms with Gasteiger partial charge in [0.25, 0.3) is 0 Å². The van der Waals surface area contributed by atoms with E-state index in [1.165, 1.54) is 44.9 Å². The van der Waals surface area contributed by atoms with E-state index in [0.717, 1.165) is 25.3 Å². The van der Waals surface area contributed by atoms with E-state index < -0.39 is 0 Å². The summed E-state index contributed by atoms with van der Waals surface area (Å²) in [6.07, 6.45) is 11.8. The molecule has 0 aromatic heterocycles. The maximum atomic E-state index is 12.1. The lowest BCUT2D eigenvalue weighted by Gasteiger charge is -2.27. The van der Waals surface area contributed by atoms with Crippen LogP contribution < -0.4 is 0 Å². The highest BCUT2D eigenvalue weighted by molar-refractivity contribution is 5.83. The van der Waals surface area contributed by atoms with E-state index in [2.05, 4.69) is 11.9 Å². The summed E-state index contributed by atoms with van der Waals surface area (Å²) in [5.74, 6) is 1.75. The van der Waals surface area contributed by atoms with E-state index in [1.807, 2.05) is 0 Å². The number of carbonyl (C=O) groups excluding carboxylic acids is 1. The monoisotopic (exact) mass is 237 g/mol. The number of rotatable bonds is 5. The highest BCUT2D eigenvalue weighted by atomic mass is 16.1. The fourth-order valence-electron chi connectivity index (χ4n) is 3.52. The standard InChI is InChI=1S/C15H27NO/c1-16(11-13-7-3-2-4-8-13)12-15(17)14-9-5-6-10-14/h13-14H,2-12H2,1H3. The van der Waals surface area contributed by atoms with Gasteiger partial charge in [-0.15, -0.1) is 0 Å². The molecule has 0 aliphatic heterocycles. The Morgan fingerprint density at radius 1 is 1.00 bits per heavy atom. The van der Waals surface area contributed by atoms with Crippen LogP contribution in [0.4, 0.5) is 0 Å². The van der Waals surface area contributed by atoms with Crippen LogP contribution in [0.5, 0.6) is 0 Å². The van der Waals surface area contributed by atoms with Crippen molar-refractivity contribution in [2.45, 2.75) is 57.8 Å². The van der Waals surface area contributed by atoms with Gasteiger partial charge in [0.15, 0.2) is 0 Å². The molecule has 2 rings (SSSR count). The SMILES string of the molecule is CN(CC(=O)C1CCCC1)CC1CCCCC1. The van der Waals surface area contributed by atoms with Crippen molar-refractivity contribution in [2.24, 2.45) is 11.8 Å². The lowest BCUT2D eigenvalue weighted by Crippen LogP contribution is -2.33. The number of Topliss-reactive ketones (excluding diaryl/α,β-unsaturated/α-hetero) is 1. The molecule has 0 aromatic carbocycles. The summed E-state index contributed by atoms with van der Waals surface area (Å²) in [4.78, 5) is 14.3. The van der Waals surface area contributed by atoms with E-state index in [0.29, 0.717) is 18.2 Å². The zero-order chi connectivity index (χ0) is 12.1. The van der Waals surface area contributed by atoms with Crippen molar-refractivity contribution in [3.8, 4) is 0 Å². The van der Waals surface area contributed by atoms with Crippen LogP contribution in [0.2, 0.25) is 0 Å². The molecule has 17 heavy (non-hydrogen) atoms.